The molecule has 1 N–H and O–H groups in total. The summed E-state index contributed by atoms with van der Waals surface area (Å²) in [6.45, 7) is 6.22. The van der Waals surface area contributed by atoms with E-state index in [4.69, 9.17) is 0 Å². The van der Waals surface area contributed by atoms with Crippen LogP contribution in [0.3, 0.4) is 0 Å². The minimum atomic E-state index is -0.185. The van der Waals surface area contributed by atoms with Crippen LogP contribution in [0.4, 0.5) is 10.1 Å². The van der Waals surface area contributed by atoms with Gasteiger partial charge in [-0.05, 0) is 43.0 Å². The molecule has 0 saturated carbocycles. The van der Waals surface area contributed by atoms with Gasteiger partial charge in [0.2, 0.25) is 0 Å². The Balaban J connectivity index is 1.90. The summed E-state index contributed by atoms with van der Waals surface area (Å²) in [6, 6.07) is 10.4. The Labute approximate surface area is 149 Å². The number of nitrogens with one attached hydrogen (secondary N) is 1. The monoisotopic (exact) mass is 343 g/mol. The maximum absolute atomic E-state index is 13.6. The van der Waals surface area contributed by atoms with Crippen LogP contribution in [0, 0.1) is 5.82 Å². The molecule has 2 aromatic rings. The fourth-order valence-electron chi connectivity index (χ4n) is 2.68. The first kappa shape index (κ1) is 18.9. The molecule has 134 valence electrons. The van der Waals surface area contributed by atoms with Crippen molar-refractivity contribution in [1.29, 1.82) is 0 Å². The van der Waals surface area contributed by atoms with Crippen molar-refractivity contribution in [2.75, 3.05) is 25.0 Å². The Morgan fingerprint density at radius 3 is 2.44 bits per heavy atom. The van der Waals surface area contributed by atoms with Gasteiger partial charge in [-0.25, -0.2) is 9.37 Å². The number of aromatic nitrogens is 1. The Morgan fingerprint density at radius 1 is 1.12 bits per heavy atom. The quantitative estimate of drug-likeness (QED) is 0.744. The molecular weight excluding hydrogens is 317 g/mol. The molecule has 5 heteroatoms. The summed E-state index contributed by atoms with van der Waals surface area (Å²) >= 11 is 0. The Morgan fingerprint density at radius 2 is 1.84 bits per heavy atom. The molecule has 1 aromatic carbocycles. The van der Waals surface area contributed by atoms with Crippen molar-refractivity contribution in [2.24, 2.45) is 0 Å². The van der Waals surface area contributed by atoms with Gasteiger partial charge in [0, 0.05) is 19.6 Å². The molecule has 0 aliphatic heterocycles. The van der Waals surface area contributed by atoms with Gasteiger partial charge in [-0.1, -0.05) is 32.0 Å². The van der Waals surface area contributed by atoms with Crippen LogP contribution in [-0.2, 0) is 6.42 Å². The molecule has 1 amide bonds. The molecule has 25 heavy (non-hydrogen) atoms. The van der Waals surface area contributed by atoms with Crippen LogP contribution in [0.2, 0.25) is 0 Å². The van der Waals surface area contributed by atoms with E-state index in [1.165, 1.54) is 6.07 Å². The van der Waals surface area contributed by atoms with E-state index in [9.17, 15) is 9.18 Å². The number of halogens is 1. The number of nitrogens with zero attached hydrogens (tertiary/aromatic N) is 2. The van der Waals surface area contributed by atoms with Gasteiger partial charge in [0.25, 0.3) is 5.91 Å². The second kappa shape index (κ2) is 9.77. The van der Waals surface area contributed by atoms with Gasteiger partial charge in [-0.15, -0.1) is 0 Å². The van der Waals surface area contributed by atoms with Crippen LogP contribution in [0.1, 0.15) is 42.7 Å². The number of hydrogen-bond donors (Lipinski definition) is 1. The van der Waals surface area contributed by atoms with Crippen LogP contribution in [-0.4, -0.2) is 35.4 Å². The third-order valence-corrected chi connectivity index (χ3v) is 3.94. The van der Waals surface area contributed by atoms with Crippen molar-refractivity contribution >= 4 is 11.6 Å². The molecule has 0 saturated heterocycles. The standard InChI is InChI=1S/C20H26FN3O/c1-3-13-24(14-4-2)20(25)19-10-9-17(15-23-19)22-12-11-16-7-5-6-8-18(16)21/h5-10,15,22H,3-4,11-14H2,1-2H3. The third-order valence-electron chi connectivity index (χ3n) is 3.94. The lowest BCUT2D eigenvalue weighted by Crippen LogP contribution is -2.33. The predicted octanol–water partition coefficient (Wildman–Crippen LogP) is 4.14. The molecule has 0 fully saturated rings. The Kier molecular flexibility index (Phi) is 7.38. The molecule has 0 radical (unpaired) electrons. The molecule has 0 atom stereocenters. The number of carbonyl (C=O) groups excluding carboxylic acids is 1. The van der Waals surface area contributed by atoms with Gasteiger partial charge in [0.1, 0.15) is 11.5 Å². The smallest absolute Gasteiger partial charge is 0.272 e. The zero-order chi connectivity index (χ0) is 18.1. The molecule has 0 spiro atoms. The molecule has 1 aromatic heterocycles. The maximum atomic E-state index is 13.6. The summed E-state index contributed by atoms with van der Waals surface area (Å²) in [4.78, 5) is 18.6. The topological polar surface area (TPSA) is 45.2 Å². The van der Waals surface area contributed by atoms with E-state index < -0.39 is 0 Å². The van der Waals surface area contributed by atoms with Crippen LogP contribution in [0.5, 0.6) is 0 Å². The van der Waals surface area contributed by atoms with Crippen molar-refractivity contribution in [3.8, 4) is 0 Å². The van der Waals surface area contributed by atoms with Gasteiger partial charge >= 0.3 is 0 Å². The highest BCUT2D eigenvalue weighted by Crippen LogP contribution is 2.11. The van der Waals surface area contributed by atoms with E-state index in [0.29, 0.717) is 24.2 Å². The lowest BCUT2D eigenvalue weighted by Gasteiger charge is -2.21. The fourth-order valence-corrected chi connectivity index (χ4v) is 2.68. The Bertz CT molecular complexity index is 667. The van der Waals surface area contributed by atoms with E-state index in [-0.39, 0.29) is 11.7 Å². The highest BCUT2D eigenvalue weighted by molar-refractivity contribution is 5.92. The number of anilines is 1. The summed E-state index contributed by atoms with van der Waals surface area (Å²) in [6.07, 6.45) is 4.11. The first-order valence-corrected chi connectivity index (χ1v) is 8.88. The van der Waals surface area contributed by atoms with Crippen molar-refractivity contribution in [3.05, 3.63) is 59.7 Å². The number of carbonyl (C=O) groups is 1. The van der Waals surface area contributed by atoms with Crippen molar-refractivity contribution in [1.82, 2.24) is 9.88 Å². The van der Waals surface area contributed by atoms with Gasteiger partial charge in [-0.2, -0.15) is 0 Å². The molecule has 2 rings (SSSR count). The van der Waals surface area contributed by atoms with E-state index in [0.717, 1.165) is 31.6 Å². The van der Waals surface area contributed by atoms with E-state index in [2.05, 4.69) is 24.1 Å². The molecular formula is C20H26FN3O. The zero-order valence-electron chi connectivity index (χ0n) is 15.0. The average Bonchev–Trinajstić information content (AvgIpc) is 2.63. The van der Waals surface area contributed by atoms with Crippen LogP contribution >= 0.6 is 0 Å². The summed E-state index contributed by atoms with van der Waals surface area (Å²) < 4.78 is 13.6. The fraction of sp³-hybridized carbons (Fsp3) is 0.400. The largest absolute Gasteiger partial charge is 0.383 e. The summed E-state index contributed by atoms with van der Waals surface area (Å²) in [7, 11) is 0. The highest BCUT2D eigenvalue weighted by Gasteiger charge is 2.15. The second-order valence-corrected chi connectivity index (χ2v) is 5.99. The lowest BCUT2D eigenvalue weighted by atomic mass is 10.1. The van der Waals surface area contributed by atoms with Gasteiger partial charge < -0.3 is 10.2 Å². The normalized spacial score (nSPS) is 10.5. The number of benzene rings is 1. The lowest BCUT2D eigenvalue weighted by molar-refractivity contribution is 0.0749. The number of pyridine rings is 1. The second-order valence-electron chi connectivity index (χ2n) is 5.99. The highest BCUT2D eigenvalue weighted by atomic mass is 19.1. The first-order chi connectivity index (χ1) is 12.2. The molecule has 0 unspecified atom stereocenters. The number of amides is 1. The summed E-state index contributed by atoms with van der Waals surface area (Å²) in [5.41, 5.74) is 1.97. The van der Waals surface area contributed by atoms with Crippen LogP contribution < -0.4 is 5.32 Å². The van der Waals surface area contributed by atoms with Gasteiger partial charge in [0.15, 0.2) is 0 Å². The summed E-state index contributed by atoms with van der Waals surface area (Å²) in [5.74, 6) is -0.211. The summed E-state index contributed by atoms with van der Waals surface area (Å²) in [5, 5.41) is 3.21. The van der Waals surface area contributed by atoms with Gasteiger partial charge in [0.05, 0.1) is 11.9 Å². The predicted molar refractivity (Wildman–Crippen MR) is 99.3 cm³/mol. The SMILES string of the molecule is CCCN(CCC)C(=O)c1ccc(NCCc2ccccc2F)cn1. The average molecular weight is 343 g/mol. The minimum Gasteiger partial charge on any atom is -0.383 e. The molecule has 0 aliphatic rings. The zero-order valence-corrected chi connectivity index (χ0v) is 15.0. The molecule has 0 bridgehead atoms. The minimum absolute atomic E-state index is 0.0263. The molecule has 4 nitrogen and oxygen atoms in total. The van der Waals surface area contributed by atoms with Crippen molar-refractivity contribution in [2.45, 2.75) is 33.1 Å². The number of rotatable bonds is 9. The van der Waals surface area contributed by atoms with Crippen LogP contribution in [0.25, 0.3) is 0 Å². The van der Waals surface area contributed by atoms with E-state index in [1.54, 1.807) is 24.4 Å². The van der Waals surface area contributed by atoms with Crippen molar-refractivity contribution in [3.63, 3.8) is 0 Å². The first-order valence-electron chi connectivity index (χ1n) is 8.88. The molecule has 1 heterocycles. The Hall–Kier alpha value is -2.43. The van der Waals surface area contributed by atoms with Crippen molar-refractivity contribution < 1.29 is 9.18 Å². The van der Waals surface area contributed by atoms with E-state index in [1.807, 2.05) is 17.0 Å². The maximum Gasteiger partial charge on any atom is 0.272 e. The van der Waals surface area contributed by atoms with Gasteiger partial charge in [-0.3, -0.25) is 4.79 Å². The number of hydrogen-bond acceptors (Lipinski definition) is 3. The third kappa shape index (κ3) is 5.55. The molecule has 0 aliphatic carbocycles. The van der Waals surface area contributed by atoms with E-state index >= 15 is 0 Å². The van der Waals surface area contributed by atoms with Crippen LogP contribution in [0.15, 0.2) is 42.6 Å².